The normalized spacial score (nSPS) is 17.6. The molecule has 1 aromatic carbocycles. The van der Waals surface area contributed by atoms with Crippen molar-refractivity contribution in [2.24, 2.45) is 0 Å². The molecule has 1 fully saturated rings. The van der Waals surface area contributed by atoms with E-state index < -0.39 is 0 Å². The molecule has 0 aliphatic carbocycles. The molecule has 0 aromatic heterocycles. The number of benzene rings is 1. The van der Waals surface area contributed by atoms with E-state index in [2.05, 4.69) is 30.9 Å². The van der Waals surface area contributed by atoms with Gasteiger partial charge in [-0.05, 0) is 44.3 Å². The number of ketones is 1. The van der Waals surface area contributed by atoms with Crippen LogP contribution in [0.5, 0.6) is 0 Å². The summed E-state index contributed by atoms with van der Waals surface area (Å²) in [5, 5.41) is 0. The zero-order valence-electron chi connectivity index (χ0n) is 12.2. The van der Waals surface area contributed by atoms with Gasteiger partial charge in [0.15, 0.2) is 5.78 Å². The molecule has 0 bridgehead atoms. The number of carbonyl (C=O) groups is 1. The maximum atomic E-state index is 12.7. The summed E-state index contributed by atoms with van der Waals surface area (Å²) in [7, 11) is 0. The zero-order chi connectivity index (χ0) is 13.7. The number of rotatable bonds is 6. The quantitative estimate of drug-likeness (QED) is 0.726. The molecule has 1 atom stereocenters. The Morgan fingerprint density at radius 3 is 2.32 bits per heavy atom. The summed E-state index contributed by atoms with van der Waals surface area (Å²) in [5.41, 5.74) is 2.17. The number of hydrogen-bond donors (Lipinski definition) is 0. The van der Waals surface area contributed by atoms with Gasteiger partial charge >= 0.3 is 0 Å². The van der Waals surface area contributed by atoms with Crippen LogP contribution in [0.15, 0.2) is 24.3 Å². The van der Waals surface area contributed by atoms with Gasteiger partial charge in [0.1, 0.15) is 0 Å². The molecule has 0 radical (unpaired) electrons. The standard InChI is InChI=1S/C17H25NO/c1-3-7-16(18-12-5-6-13-18)17(19)15-10-8-14(4-2)9-11-15/h8-11,16H,3-7,12-13H2,1-2H3. The molecule has 0 amide bonds. The Bertz CT molecular complexity index is 404. The van der Waals surface area contributed by atoms with Crippen LogP contribution >= 0.6 is 0 Å². The third-order valence-corrected chi connectivity index (χ3v) is 4.09. The molecule has 0 spiro atoms. The Labute approximate surface area is 116 Å². The van der Waals surface area contributed by atoms with Crippen LogP contribution in [0.25, 0.3) is 0 Å². The third kappa shape index (κ3) is 3.44. The van der Waals surface area contributed by atoms with E-state index in [0.717, 1.165) is 37.9 Å². The van der Waals surface area contributed by atoms with Crippen LogP contribution in [0.1, 0.15) is 55.5 Å². The summed E-state index contributed by atoms with van der Waals surface area (Å²) in [5.74, 6) is 0.311. The molecule has 1 aliphatic heterocycles. The lowest BCUT2D eigenvalue weighted by molar-refractivity contribution is 0.0837. The van der Waals surface area contributed by atoms with Crippen LogP contribution in [-0.4, -0.2) is 29.8 Å². The number of aryl methyl sites for hydroxylation is 1. The predicted octanol–water partition coefficient (Wildman–Crippen LogP) is 3.70. The molecule has 2 nitrogen and oxygen atoms in total. The molecule has 19 heavy (non-hydrogen) atoms. The number of carbonyl (C=O) groups excluding carboxylic acids is 1. The van der Waals surface area contributed by atoms with Crippen LogP contribution in [0, 0.1) is 0 Å². The first-order valence-corrected chi connectivity index (χ1v) is 7.63. The average Bonchev–Trinajstić information content (AvgIpc) is 2.98. The second kappa shape index (κ2) is 6.85. The van der Waals surface area contributed by atoms with Gasteiger partial charge in [0, 0.05) is 5.56 Å². The van der Waals surface area contributed by atoms with Crippen molar-refractivity contribution in [1.82, 2.24) is 4.90 Å². The third-order valence-electron chi connectivity index (χ3n) is 4.09. The van der Waals surface area contributed by atoms with Gasteiger partial charge in [0.05, 0.1) is 6.04 Å². The molecule has 104 valence electrons. The van der Waals surface area contributed by atoms with E-state index in [9.17, 15) is 4.79 Å². The fourth-order valence-corrected chi connectivity index (χ4v) is 2.90. The first-order chi connectivity index (χ1) is 9.26. The first kappa shape index (κ1) is 14.3. The summed E-state index contributed by atoms with van der Waals surface area (Å²) in [6.45, 7) is 6.48. The highest BCUT2D eigenvalue weighted by Gasteiger charge is 2.27. The number of likely N-dealkylation sites (tertiary alicyclic amines) is 1. The predicted molar refractivity (Wildman–Crippen MR) is 79.7 cm³/mol. The molecule has 1 heterocycles. The zero-order valence-corrected chi connectivity index (χ0v) is 12.2. The van der Waals surface area contributed by atoms with Gasteiger partial charge in [0.25, 0.3) is 0 Å². The Morgan fingerprint density at radius 2 is 1.79 bits per heavy atom. The molecule has 2 rings (SSSR count). The molecule has 0 N–H and O–H groups in total. The lowest BCUT2D eigenvalue weighted by atomic mass is 9.98. The van der Waals surface area contributed by atoms with Gasteiger partial charge in [-0.25, -0.2) is 0 Å². The first-order valence-electron chi connectivity index (χ1n) is 7.63. The van der Waals surface area contributed by atoms with Crippen LogP contribution in [0.3, 0.4) is 0 Å². The highest BCUT2D eigenvalue weighted by atomic mass is 16.1. The summed E-state index contributed by atoms with van der Waals surface area (Å²) in [4.78, 5) is 15.1. The lowest BCUT2D eigenvalue weighted by Crippen LogP contribution is -2.39. The molecular formula is C17H25NO. The van der Waals surface area contributed by atoms with Crippen LogP contribution < -0.4 is 0 Å². The number of nitrogens with zero attached hydrogens (tertiary/aromatic N) is 1. The van der Waals surface area contributed by atoms with E-state index in [1.807, 2.05) is 12.1 Å². The maximum absolute atomic E-state index is 12.7. The highest BCUT2D eigenvalue weighted by Crippen LogP contribution is 2.19. The maximum Gasteiger partial charge on any atom is 0.179 e. The number of Topliss-reactive ketones (excluding diaryl/α,β-unsaturated/α-hetero) is 1. The van der Waals surface area contributed by atoms with Crippen molar-refractivity contribution in [3.8, 4) is 0 Å². The van der Waals surface area contributed by atoms with Crippen molar-refractivity contribution < 1.29 is 4.79 Å². The second-order valence-electron chi connectivity index (χ2n) is 5.46. The highest BCUT2D eigenvalue weighted by molar-refractivity contribution is 6.00. The van der Waals surface area contributed by atoms with Crippen molar-refractivity contribution >= 4 is 5.78 Å². The van der Waals surface area contributed by atoms with Crippen molar-refractivity contribution in [3.63, 3.8) is 0 Å². The Balaban J connectivity index is 2.12. The van der Waals surface area contributed by atoms with Gasteiger partial charge in [-0.1, -0.05) is 44.5 Å². The van der Waals surface area contributed by atoms with Gasteiger partial charge in [-0.15, -0.1) is 0 Å². The Hall–Kier alpha value is -1.15. The minimum Gasteiger partial charge on any atom is -0.293 e. The smallest absolute Gasteiger partial charge is 0.179 e. The molecule has 1 unspecified atom stereocenters. The monoisotopic (exact) mass is 259 g/mol. The number of hydrogen-bond acceptors (Lipinski definition) is 2. The second-order valence-corrected chi connectivity index (χ2v) is 5.46. The molecule has 1 aromatic rings. The summed E-state index contributed by atoms with van der Waals surface area (Å²) >= 11 is 0. The average molecular weight is 259 g/mol. The molecule has 1 aliphatic rings. The fraction of sp³-hybridized carbons (Fsp3) is 0.588. The van der Waals surface area contributed by atoms with E-state index in [0.29, 0.717) is 5.78 Å². The van der Waals surface area contributed by atoms with E-state index in [1.54, 1.807) is 0 Å². The van der Waals surface area contributed by atoms with Crippen LogP contribution in [0.4, 0.5) is 0 Å². The topological polar surface area (TPSA) is 20.3 Å². The van der Waals surface area contributed by atoms with E-state index in [1.165, 1.54) is 18.4 Å². The fourth-order valence-electron chi connectivity index (χ4n) is 2.90. The van der Waals surface area contributed by atoms with Crippen molar-refractivity contribution in [1.29, 1.82) is 0 Å². The van der Waals surface area contributed by atoms with Crippen LogP contribution in [-0.2, 0) is 6.42 Å². The molecular weight excluding hydrogens is 234 g/mol. The molecule has 2 heteroatoms. The molecule has 0 saturated carbocycles. The van der Waals surface area contributed by atoms with E-state index >= 15 is 0 Å². The SMILES string of the molecule is CCCC(C(=O)c1ccc(CC)cc1)N1CCCC1. The lowest BCUT2D eigenvalue weighted by Gasteiger charge is -2.26. The van der Waals surface area contributed by atoms with E-state index in [4.69, 9.17) is 0 Å². The summed E-state index contributed by atoms with van der Waals surface area (Å²) in [6, 6.07) is 8.26. The van der Waals surface area contributed by atoms with Gasteiger partial charge in [-0.3, -0.25) is 9.69 Å². The van der Waals surface area contributed by atoms with Crippen LogP contribution in [0.2, 0.25) is 0 Å². The van der Waals surface area contributed by atoms with Crippen molar-refractivity contribution in [2.75, 3.05) is 13.1 Å². The van der Waals surface area contributed by atoms with Gasteiger partial charge in [0.2, 0.25) is 0 Å². The Morgan fingerprint density at radius 1 is 1.16 bits per heavy atom. The van der Waals surface area contributed by atoms with Crippen molar-refractivity contribution in [3.05, 3.63) is 35.4 Å². The summed E-state index contributed by atoms with van der Waals surface area (Å²) in [6.07, 6.45) is 5.55. The largest absolute Gasteiger partial charge is 0.293 e. The molecule has 1 saturated heterocycles. The van der Waals surface area contributed by atoms with E-state index in [-0.39, 0.29) is 6.04 Å². The van der Waals surface area contributed by atoms with Gasteiger partial charge < -0.3 is 0 Å². The minimum atomic E-state index is 0.0972. The Kier molecular flexibility index (Phi) is 5.15. The minimum absolute atomic E-state index is 0.0972. The van der Waals surface area contributed by atoms with Crippen molar-refractivity contribution in [2.45, 2.75) is 52.0 Å². The summed E-state index contributed by atoms with van der Waals surface area (Å²) < 4.78 is 0. The van der Waals surface area contributed by atoms with Gasteiger partial charge in [-0.2, -0.15) is 0 Å².